The lowest BCUT2D eigenvalue weighted by Gasteiger charge is -2.35. The minimum absolute atomic E-state index is 0.0787. The number of hydrogen-bond donors (Lipinski definition) is 1. The Balaban J connectivity index is 1.59. The average Bonchev–Trinajstić information content (AvgIpc) is 3.61. The second-order valence-electron chi connectivity index (χ2n) is 8.09. The van der Waals surface area contributed by atoms with E-state index in [1.165, 1.54) is 6.20 Å². The number of benzene rings is 1. The summed E-state index contributed by atoms with van der Waals surface area (Å²) in [5, 5.41) is 8.99. The number of aromatic nitrogens is 1. The molecule has 0 bridgehead atoms. The number of amides is 1. The highest BCUT2D eigenvalue weighted by atomic mass is 19.1. The van der Waals surface area contributed by atoms with Crippen LogP contribution in [-0.2, 0) is 4.74 Å². The summed E-state index contributed by atoms with van der Waals surface area (Å²) in [5.41, 5.74) is 0.217. The van der Waals surface area contributed by atoms with Crippen LogP contribution in [-0.4, -0.2) is 59.6 Å². The molecule has 0 spiro atoms. The van der Waals surface area contributed by atoms with Gasteiger partial charge in [-0.3, -0.25) is 4.79 Å². The Morgan fingerprint density at radius 1 is 1.19 bits per heavy atom. The standard InChI is InChI=1S/C22H26FN3O6/c1-2-3-10-31-21(28)25-8-6-24(7-9-25)18-12-17-15(11-16(18)23)20(27)19(32-22(29)30)13-26(17)14-4-5-14/h11-14H,2-10H2,1H3,(H,29,30). The molecule has 1 aromatic heterocycles. The van der Waals surface area contributed by atoms with Crippen LogP contribution in [0.4, 0.5) is 19.7 Å². The third-order valence-electron chi connectivity index (χ3n) is 5.81. The molecule has 1 N–H and O–H groups in total. The number of carbonyl (C=O) groups excluding carboxylic acids is 1. The summed E-state index contributed by atoms with van der Waals surface area (Å²) in [5.74, 6) is -0.914. The van der Waals surface area contributed by atoms with Crippen LogP contribution in [0.1, 0.15) is 38.6 Å². The zero-order valence-corrected chi connectivity index (χ0v) is 17.9. The first-order valence-corrected chi connectivity index (χ1v) is 10.8. The Labute approximate surface area is 183 Å². The van der Waals surface area contributed by atoms with Crippen molar-refractivity contribution >= 4 is 28.8 Å². The molecule has 2 heterocycles. The number of ether oxygens (including phenoxy) is 2. The number of carbonyl (C=O) groups is 2. The number of hydrogen-bond acceptors (Lipinski definition) is 6. The number of nitrogens with zero attached hydrogens (tertiary/aromatic N) is 3. The summed E-state index contributed by atoms with van der Waals surface area (Å²) in [6.45, 7) is 4.08. The van der Waals surface area contributed by atoms with Gasteiger partial charge in [0.05, 0.1) is 29.4 Å². The molecule has 1 aliphatic carbocycles. The summed E-state index contributed by atoms with van der Waals surface area (Å²) >= 11 is 0. The maximum atomic E-state index is 15.0. The first-order valence-electron chi connectivity index (χ1n) is 10.8. The largest absolute Gasteiger partial charge is 0.511 e. The van der Waals surface area contributed by atoms with Crippen LogP contribution in [0.3, 0.4) is 0 Å². The van der Waals surface area contributed by atoms with E-state index < -0.39 is 17.4 Å². The average molecular weight is 447 g/mol. The molecule has 32 heavy (non-hydrogen) atoms. The van der Waals surface area contributed by atoms with Gasteiger partial charge in [-0.15, -0.1) is 0 Å². The number of carboxylic acid groups (broad SMARTS) is 1. The summed E-state index contributed by atoms with van der Waals surface area (Å²) in [6.07, 6.45) is 2.97. The van der Waals surface area contributed by atoms with E-state index in [0.717, 1.165) is 31.7 Å². The van der Waals surface area contributed by atoms with Crippen molar-refractivity contribution in [1.29, 1.82) is 0 Å². The lowest BCUT2D eigenvalue weighted by Crippen LogP contribution is -2.49. The fourth-order valence-electron chi connectivity index (χ4n) is 3.92. The quantitative estimate of drug-likeness (QED) is 0.533. The van der Waals surface area contributed by atoms with Crippen LogP contribution < -0.4 is 15.1 Å². The minimum atomic E-state index is -1.59. The van der Waals surface area contributed by atoms with E-state index in [9.17, 15) is 14.4 Å². The number of rotatable bonds is 6. The van der Waals surface area contributed by atoms with Gasteiger partial charge in [-0.25, -0.2) is 14.0 Å². The van der Waals surface area contributed by atoms with E-state index in [-0.39, 0.29) is 23.3 Å². The van der Waals surface area contributed by atoms with Crippen LogP contribution >= 0.6 is 0 Å². The zero-order chi connectivity index (χ0) is 22.8. The molecule has 1 saturated heterocycles. The molecule has 9 nitrogen and oxygen atoms in total. The third-order valence-corrected chi connectivity index (χ3v) is 5.81. The highest BCUT2D eigenvalue weighted by Gasteiger charge is 2.29. The van der Waals surface area contributed by atoms with Crippen LogP contribution in [0.5, 0.6) is 5.75 Å². The van der Waals surface area contributed by atoms with Crippen molar-refractivity contribution in [3.05, 3.63) is 34.4 Å². The molecule has 4 rings (SSSR count). The van der Waals surface area contributed by atoms with Crippen LogP contribution in [0.2, 0.25) is 0 Å². The maximum Gasteiger partial charge on any atom is 0.511 e. The van der Waals surface area contributed by atoms with Gasteiger partial charge in [0.15, 0.2) is 5.75 Å². The van der Waals surface area contributed by atoms with E-state index in [2.05, 4.69) is 4.74 Å². The van der Waals surface area contributed by atoms with E-state index in [1.54, 1.807) is 15.5 Å². The van der Waals surface area contributed by atoms with E-state index in [4.69, 9.17) is 9.84 Å². The number of unbranched alkanes of at least 4 members (excludes halogenated alkanes) is 1. The van der Waals surface area contributed by atoms with E-state index in [1.807, 2.05) is 11.8 Å². The molecule has 0 atom stereocenters. The number of piperazine rings is 1. The lowest BCUT2D eigenvalue weighted by molar-refractivity contribution is 0.0989. The van der Waals surface area contributed by atoms with Crippen molar-refractivity contribution < 1.29 is 28.6 Å². The van der Waals surface area contributed by atoms with E-state index >= 15 is 4.39 Å². The Bertz CT molecular complexity index is 1090. The van der Waals surface area contributed by atoms with Crippen molar-refractivity contribution in [1.82, 2.24) is 9.47 Å². The Kier molecular flexibility index (Phi) is 6.20. The molecule has 172 valence electrons. The molecule has 2 aromatic rings. The molecule has 2 aliphatic rings. The number of fused-ring (bicyclic) bond motifs is 1. The number of pyridine rings is 1. The van der Waals surface area contributed by atoms with Gasteiger partial charge in [0.25, 0.3) is 0 Å². The normalized spacial score (nSPS) is 16.3. The van der Waals surface area contributed by atoms with Crippen molar-refractivity contribution in [3.63, 3.8) is 0 Å². The molecule has 1 aromatic carbocycles. The highest BCUT2D eigenvalue weighted by molar-refractivity contribution is 5.85. The Morgan fingerprint density at radius 3 is 2.53 bits per heavy atom. The van der Waals surface area contributed by atoms with Gasteiger partial charge in [0, 0.05) is 32.2 Å². The SMILES string of the molecule is CCCCOC(=O)N1CCN(c2cc3c(cc2F)c(=O)c(OC(=O)O)cn3C2CC2)CC1. The third kappa shape index (κ3) is 4.49. The first kappa shape index (κ1) is 21.9. The van der Waals surface area contributed by atoms with Crippen molar-refractivity contribution in [2.45, 2.75) is 38.6 Å². The predicted molar refractivity (Wildman–Crippen MR) is 115 cm³/mol. The topological polar surface area (TPSA) is 101 Å². The molecule has 1 aliphatic heterocycles. The Hall–Kier alpha value is -3.30. The summed E-state index contributed by atoms with van der Waals surface area (Å²) in [7, 11) is 0. The summed E-state index contributed by atoms with van der Waals surface area (Å²) < 4.78 is 26.7. The predicted octanol–water partition coefficient (Wildman–Crippen LogP) is 3.59. The number of anilines is 1. The number of halogens is 1. The van der Waals surface area contributed by atoms with Crippen LogP contribution in [0, 0.1) is 5.82 Å². The van der Waals surface area contributed by atoms with E-state index in [0.29, 0.717) is 44.0 Å². The smallest absolute Gasteiger partial charge is 0.449 e. The van der Waals surface area contributed by atoms with Crippen molar-refractivity contribution in [3.8, 4) is 5.75 Å². The van der Waals surface area contributed by atoms with Gasteiger partial charge >= 0.3 is 12.2 Å². The molecule has 0 radical (unpaired) electrons. The molecule has 1 saturated carbocycles. The Morgan fingerprint density at radius 2 is 1.91 bits per heavy atom. The van der Waals surface area contributed by atoms with Crippen molar-refractivity contribution in [2.75, 3.05) is 37.7 Å². The second-order valence-corrected chi connectivity index (χ2v) is 8.09. The molecule has 2 fully saturated rings. The lowest BCUT2D eigenvalue weighted by atomic mass is 10.1. The van der Waals surface area contributed by atoms with Crippen LogP contribution in [0.15, 0.2) is 23.1 Å². The van der Waals surface area contributed by atoms with Gasteiger partial charge < -0.3 is 28.9 Å². The fraction of sp³-hybridized carbons (Fsp3) is 0.500. The van der Waals surface area contributed by atoms with Gasteiger partial charge in [0.2, 0.25) is 5.43 Å². The van der Waals surface area contributed by atoms with Gasteiger partial charge in [-0.2, -0.15) is 0 Å². The summed E-state index contributed by atoms with van der Waals surface area (Å²) in [4.78, 5) is 39.2. The van der Waals surface area contributed by atoms with Gasteiger partial charge in [0.1, 0.15) is 5.82 Å². The highest BCUT2D eigenvalue weighted by Crippen LogP contribution is 2.39. The zero-order valence-electron chi connectivity index (χ0n) is 17.9. The minimum Gasteiger partial charge on any atom is -0.449 e. The maximum absolute atomic E-state index is 15.0. The molecular formula is C22H26FN3O6. The second kappa shape index (κ2) is 9.05. The molecule has 0 unspecified atom stereocenters. The fourth-order valence-corrected chi connectivity index (χ4v) is 3.92. The summed E-state index contributed by atoms with van der Waals surface area (Å²) in [6, 6.07) is 2.89. The van der Waals surface area contributed by atoms with Crippen LogP contribution in [0.25, 0.3) is 10.9 Å². The monoisotopic (exact) mass is 447 g/mol. The van der Waals surface area contributed by atoms with Crippen molar-refractivity contribution in [2.24, 2.45) is 0 Å². The van der Waals surface area contributed by atoms with Gasteiger partial charge in [-0.1, -0.05) is 13.3 Å². The van der Waals surface area contributed by atoms with Gasteiger partial charge in [-0.05, 0) is 31.4 Å². The first-order chi connectivity index (χ1) is 15.4. The molecule has 1 amide bonds. The molecular weight excluding hydrogens is 421 g/mol. The molecule has 10 heteroatoms.